The highest BCUT2D eigenvalue weighted by molar-refractivity contribution is 5.90. The predicted molar refractivity (Wildman–Crippen MR) is 99.5 cm³/mol. The van der Waals surface area contributed by atoms with Crippen LogP contribution in [-0.4, -0.2) is 48.6 Å². The lowest BCUT2D eigenvalue weighted by atomic mass is 9.95. The molecule has 2 saturated heterocycles. The van der Waals surface area contributed by atoms with Crippen LogP contribution >= 0.6 is 0 Å². The molecule has 2 heterocycles. The van der Waals surface area contributed by atoms with Gasteiger partial charge < -0.3 is 15.1 Å². The van der Waals surface area contributed by atoms with Crippen molar-refractivity contribution >= 4 is 11.7 Å². The summed E-state index contributed by atoms with van der Waals surface area (Å²) in [6, 6.07) is 6.25. The van der Waals surface area contributed by atoms with E-state index in [1.807, 2.05) is 11.8 Å². The highest BCUT2D eigenvalue weighted by atomic mass is 16.2. The Balaban J connectivity index is 1.47. The molecule has 4 nitrogen and oxygen atoms in total. The first-order chi connectivity index (χ1) is 11.6. The van der Waals surface area contributed by atoms with Gasteiger partial charge in [0.05, 0.1) is 0 Å². The lowest BCUT2D eigenvalue weighted by Gasteiger charge is -2.36. The van der Waals surface area contributed by atoms with Gasteiger partial charge in [-0.1, -0.05) is 18.6 Å². The average Bonchev–Trinajstić information content (AvgIpc) is 2.60. The minimum Gasteiger partial charge on any atom is -0.325 e. The molecule has 0 aliphatic carbocycles. The van der Waals surface area contributed by atoms with Gasteiger partial charge in [0, 0.05) is 25.3 Å². The Hall–Kier alpha value is -1.55. The maximum absolute atomic E-state index is 12.5. The molecule has 0 spiro atoms. The normalized spacial score (nSPS) is 20.2. The summed E-state index contributed by atoms with van der Waals surface area (Å²) in [5.41, 5.74) is 3.24. The Morgan fingerprint density at radius 3 is 2.50 bits per heavy atom. The zero-order valence-electron chi connectivity index (χ0n) is 15.2. The number of urea groups is 1. The smallest absolute Gasteiger partial charge is 0.321 e. The molecule has 0 unspecified atom stereocenters. The third-order valence-electron chi connectivity index (χ3n) is 5.50. The fourth-order valence-corrected chi connectivity index (χ4v) is 3.89. The first-order valence-corrected chi connectivity index (χ1v) is 9.47. The van der Waals surface area contributed by atoms with Crippen LogP contribution in [0.5, 0.6) is 0 Å². The summed E-state index contributed by atoms with van der Waals surface area (Å²) in [7, 11) is 0. The van der Waals surface area contributed by atoms with Gasteiger partial charge in [-0.15, -0.1) is 0 Å². The number of carbonyl (C=O) groups is 1. The Morgan fingerprint density at radius 2 is 1.79 bits per heavy atom. The largest absolute Gasteiger partial charge is 0.325 e. The van der Waals surface area contributed by atoms with E-state index in [-0.39, 0.29) is 6.03 Å². The summed E-state index contributed by atoms with van der Waals surface area (Å²) >= 11 is 0. The Labute approximate surface area is 146 Å². The number of likely N-dealkylation sites (tertiary alicyclic amines) is 2. The summed E-state index contributed by atoms with van der Waals surface area (Å²) < 4.78 is 0. The van der Waals surface area contributed by atoms with Gasteiger partial charge in [0.25, 0.3) is 0 Å². The van der Waals surface area contributed by atoms with Crippen LogP contribution in [-0.2, 0) is 0 Å². The second-order valence-electron chi connectivity index (χ2n) is 7.54. The molecule has 0 atom stereocenters. The molecule has 2 aliphatic heterocycles. The molecular formula is C20H31N3O. The summed E-state index contributed by atoms with van der Waals surface area (Å²) in [6.07, 6.45) is 6.38. The number of carbonyl (C=O) groups excluding carboxylic acids is 1. The van der Waals surface area contributed by atoms with Crippen molar-refractivity contribution in [2.45, 2.75) is 46.0 Å². The lowest BCUT2D eigenvalue weighted by Crippen LogP contribution is -2.44. The summed E-state index contributed by atoms with van der Waals surface area (Å²) in [5.74, 6) is 0.757. The second-order valence-corrected chi connectivity index (χ2v) is 7.54. The van der Waals surface area contributed by atoms with E-state index in [0.717, 1.165) is 43.1 Å². The van der Waals surface area contributed by atoms with Gasteiger partial charge in [-0.2, -0.15) is 0 Å². The number of nitrogens with one attached hydrogen (secondary N) is 1. The monoisotopic (exact) mass is 329 g/mol. The van der Waals surface area contributed by atoms with Crippen molar-refractivity contribution in [3.8, 4) is 0 Å². The third kappa shape index (κ3) is 4.50. The van der Waals surface area contributed by atoms with E-state index >= 15 is 0 Å². The molecule has 4 heteroatoms. The standard InChI is InChI=1S/C20H31N3O/c1-16-6-7-17(2)19(14-16)21-20(24)23-12-8-18(9-13-23)15-22-10-4-3-5-11-22/h6-7,14,18H,3-5,8-13,15H2,1-2H3,(H,21,24). The van der Waals surface area contributed by atoms with Crippen LogP contribution in [0.4, 0.5) is 10.5 Å². The first kappa shape index (κ1) is 17.3. The van der Waals surface area contributed by atoms with Gasteiger partial charge in [0.1, 0.15) is 0 Å². The number of nitrogens with zero attached hydrogens (tertiary/aromatic N) is 2. The zero-order valence-corrected chi connectivity index (χ0v) is 15.2. The molecule has 2 amide bonds. The van der Waals surface area contributed by atoms with E-state index in [9.17, 15) is 4.79 Å². The van der Waals surface area contributed by atoms with E-state index in [1.165, 1.54) is 44.5 Å². The maximum atomic E-state index is 12.5. The maximum Gasteiger partial charge on any atom is 0.321 e. The SMILES string of the molecule is Cc1ccc(C)c(NC(=O)N2CCC(CN3CCCCC3)CC2)c1. The minimum absolute atomic E-state index is 0.0557. The molecule has 1 N–H and O–H groups in total. The van der Waals surface area contributed by atoms with Gasteiger partial charge in [-0.25, -0.2) is 4.79 Å². The van der Waals surface area contributed by atoms with Crippen LogP contribution in [0.15, 0.2) is 18.2 Å². The molecule has 0 radical (unpaired) electrons. The number of anilines is 1. The fourth-order valence-electron chi connectivity index (χ4n) is 3.89. The number of piperidine rings is 2. The Bertz CT molecular complexity index is 558. The molecule has 0 saturated carbocycles. The van der Waals surface area contributed by atoms with E-state index in [0.29, 0.717) is 0 Å². The molecule has 2 fully saturated rings. The second kappa shape index (κ2) is 8.02. The van der Waals surface area contributed by atoms with Crippen LogP contribution in [0.3, 0.4) is 0 Å². The Morgan fingerprint density at radius 1 is 1.08 bits per heavy atom. The van der Waals surface area contributed by atoms with E-state index < -0.39 is 0 Å². The van der Waals surface area contributed by atoms with Gasteiger partial charge in [0.2, 0.25) is 0 Å². The highest BCUT2D eigenvalue weighted by Gasteiger charge is 2.25. The van der Waals surface area contributed by atoms with Crippen LogP contribution in [0.25, 0.3) is 0 Å². The van der Waals surface area contributed by atoms with Crippen molar-refractivity contribution in [1.29, 1.82) is 0 Å². The summed E-state index contributed by atoms with van der Waals surface area (Å²) in [5, 5.41) is 3.09. The lowest BCUT2D eigenvalue weighted by molar-refractivity contribution is 0.142. The van der Waals surface area contributed by atoms with Crippen molar-refractivity contribution in [1.82, 2.24) is 9.80 Å². The van der Waals surface area contributed by atoms with Crippen LogP contribution < -0.4 is 5.32 Å². The zero-order chi connectivity index (χ0) is 16.9. The van der Waals surface area contributed by atoms with Crippen LogP contribution in [0, 0.1) is 19.8 Å². The molecule has 0 bridgehead atoms. The molecular weight excluding hydrogens is 298 g/mol. The van der Waals surface area contributed by atoms with Crippen molar-refractivity contribution in [3.05, 3.63) is 29.3 Å². The third-order valence-corrected chi connectivity index (χ3v) is 5.50. The number of aryl methyl sites for hydroxylation is 2. The Kier molecular flexibility index (Phi) is 5.77. The van der Waals surface area contributed by atoms with E-state index in [4.69, 9.17) is 0 Å². The molecule has 0 aromatic heterocycles. The fraction of sp³-hybridized carbons (Fsp3) is 0.650. The van der Waals surface area contributed by atoms with Crippen LogP contribution in [0.1, 0.15) is 43.2 Å². The number of rotatable bonds is 3. The number of hydrogen-bond donors (Lipinski definition) is 1. The van der Waals surface area contributed by atoms with Gasteiger partial charge in [-0.3, -0.25) is 0 Å². The predicted octanol–water partition coefficient (Wildman–Crippen LogP) is 4.03. The van der Waals surface area contributed by atoms with Crippen molar-refractivity contribution in [2.24, 2.45) is 5.92 Å². The highest BCUT2D eigenvalue weighted by Crippen LogP contribution is 2.22. The average molecular weight is 329 g/mol. The first-order valence-electron chi connectivity index (χ1n) is 9.47. The molecule has 1 aromatic carbocycles. The quantitative estimate of drug-likeness (QED) is 0.908. The number of amides is 2. The molecule has 132 valence electrons. The van der Waals surface area contributed by atoms with Gasteiger partial charge in [0.15, 0.2) is 0 Å². The van der Waals surface area contributed by atoms with Gasteiger partial charge in [-0.05, 0) is 75.7 Å². The number of benzene rings is 1. The minimum atomic E-state index is 0.0557. The van der Waals surface area contributed by atoms with Crippen molar-refractivity contribution < 1.29 is 4.79 Å². The van der Waals surface area contributed by atoms with Crippen molar-refractivity contribution in [3.63, 3.8) is 0 Å². The van der Waals surface area contributed by atoms with Crippen molar-refractivity contribution in [2.75, 3.05) is 38.0 Å². The molecule has 3 rings (SSSR count). The van der Waals surface area contributed by atoms with Crippen LogP contribution in [0.2, 0.25) is 0 Å². The van der Waals surface area contributed by atoms with E-state index in [2.05, 4.69) is 35.3 Å². The molecule has 1 aromatic rings. The van der Waals surface area contributed by atoms with E-state index in [1.54, 1.807) is 0 Å². The number of hydrogen-bond acceptors (Lipinski definition) is 2. The topological polar surface area (TPSA) is 35.6 Å². The molecule has 2 aliphatic rings. The summed E-state index contributed by atoms with van der Waals surface area (Å²) in [4.78, 5) is 17.1. The molecule has 24 heavy (non-hydrogen) atoms. The summed E-state index contributed by atoms with van der Waals surface area (Å²) in [6.45, 7) is 9.64. The van der Waals surface area contributed by atoms with Gasteiger partial charge >= 0.3 is 6.03 Å².